The van der Waals surface area contributed by atoms with E-state index in [2.05, 4.69) is 15.8 Å². The molecule has 0 spiro atoms. The summed E-state index contributed by atoms with van der Waals surface area (Å²) in [6.45, 7) is 0.0477. The minimum atomic E-state index is -0.591. The number of H-pyrrole nitrogens is 1. The third-order valence-electron chi connectivity index (χ3n) is 4.92. The first-order valence-corrected chi connectivity index (χ1v) is 9.31. The van der Waals surface area contributed by atoms with E-state index in [1.54, 1.807) is 30.5 Å². The van der Waals surface area contributed by atoms with Gasteiger partial charge in [-0.25, -0.2) is 4.79 Å². The Labute approximate surface area is 169 Å². The number of benzene rings is 2. The zero-order valence-electron chi connectivity index (χ0n) is 16.1. The van der Waals surface area contributed by atoms with Gasteiger partial charge in [-0.15, -0.1) is 0 Å². The van der Waals surface area contributed by atoms with Gasteiger partial charge in [0.05, 0.1) is 16.5 Å². The fraction of sp³-hybridized carbons (Fsp3) is 0.143. The molecule has 2 aromatic carbocycles. The van der Waals surface area contributed by atoms with Crippen LogP contribution in [0.3, 0.4) is 0 Å². The normalized spacial score (nSPS) is 11.0. The van der Waals surface area contributed by atoms with Crippen molar-refractivity contribution >= 4 is 33.6 Å². The summed E-state index contributed by atoms with van der Waals surface area (Å²) in [5, 5.41) is 1.14. The van der Waals surface area contributed by atoms with E-state index in [9.17, 15) is 19.2 Å². The van der Waals surface area contributed by atoms with Gasteiger partial charge in [-0.05, 0) is 18.2 Å². The molecule has 9 heteroatoms. The molecule has 30 heavy (non-hydrogen) atoms. The standard InChI is InChI=1S/C21H19N5O4/c1-25-12-15(13-6-2-4-8-16(13)25)20(29)24-23-18(27)10-11-26-17-9-5-3-7-14(17)19(28)22-21(26)30/h2-9,12H,10-11H2,1H3,(H,23,27)(H,24,29)(H,22,28,30). The highest BCUT2D eigenvalue weighted by molar-refractivity contribution is 6.07. The minimum Gasteiger partial charge on any atom is -0.350 e. The molecule has 2 amide bonds. The van der Waals surface area contributed by atoms with Crippen LogP contribution < -0.4 is 22.1 Å². The van der Waals surface area contributed by atoms with E-state index in [0.717, 1.165) is 10.9 Å². The monoisotopic (exact) mass is 405 g/mol. The molecular weight excluding hydrogens is 386 g/mol. The number of fused-ring (bicyclic) bond motifs is 2. The maximum Gasteiger partial charge on any atom is 0.328 e. The van der Waals surface area contributed by atoms with E-state index in [1.165, 1.54) is 4.57 Å². The summed E-state index contributed by atoms with van der Waals surface area (Å²) in [6, 6.07) is 14.1. The number of hydrogen-bond donors (Lipinski definition) is 3. The van der Waals surface area contributed by atoms with Crippen molar-refractivity contribution < 1.29 is 9.59 Å². The molecule has 0 radical (unpaired) electrons. The van der Waals surface area contributed by atoms with Gasteiger partial charge < -0.3 is 4.57 Å². The maximum atomic E-state index is 12.5. The zero-order chi connectivity index (χ0) is 21.3. The summed E-state index contributed by atoms with van der Waals surface area (Å²) in [5.74, 6) is -0.905. The van der Waals surface area contributed by atoms with Crippen LogP contribution in [0.1, 0.15) is 16.8 Å². The van der Waals surface area contributed by atoms with Crippen LogP contribution in [0.5, 0.6) is 0 Å². The van der Waals surface area contributed by atoms with Crippen molar-refractivity contribution in [3.05, 3.63) is 81.1 Å². The number of para-hydroxylation sites is 2. The molecule has 0 unspecified atom stereocenters. The lowest BCUT2D eigenvalue weighted by molar-refractivity contribution is -0.122. The molecule has 3 N–H and O–H groups in total. The number of hydrazine groups is 1. The number of aromatic nitrogens is 3. The predicted molar refractivity (Wildman–Crippen MR) is 112 cm³/mol. The molecule has 0 fully saturated rings. The van der Waals surface area contributed by atoms with Gasteiger partial charge >= 0.3 is 5.69 Å². The average Bonchev–Trinajstić information content (AvgIpc) is 3.09. The molecule has 0 atom stereocenters. The third kappa shape index (κ3) is 3.48. The summed E-state index contributed by atoms with van der Waals surface area (Å²) in [6.07, 6.45) is 1.63. The lowest BCUT2D eigenvalue weighted by Crippen LogP contribution is -2.42. The van der Waals surface area contributed by atoms with Crippen LogP contribution in [0.25, 0.3) is 21.8 Å². The fourth-order valence-electron chi connectivity index (χ4n) is 3.46. The second kappa shape index (κ2) is 7.70. The van der Waals surface area contributed by atoms with E-state index >= 15 is 0 Å². The molecule has 152 valence electrons. The first-order chi connectivity index (χ1) is 14.5. The van der Waals surface area contributed by atoms with Crippen molar-refractivity contribution in [2.24, 2.45) is 7.05 Å². The van der Waals surface area contributed by atoms with Crippen molar-refractivity contribution in [1.82, 2.24) is 25.0 Å². The second-order valence-corrected chi connectivity index (χ2v) is 6.85. The number of amides is 2. The molecule has 0 aliphatic rings. The van der Waals surface area contributed by atoms with Crippen LogP contribution in [0, 0.1) is 0 Å². The van der Waals surface area contributed by atoms with Crippen molar-refractivity contribution in [2.75, 3.05) is 0 Å². The number of aromatic amines is 1. The molecule has 0 aliphatic heterocycles. The first kappa shape index (κ1) is 19.2. The topological polar surface area (TPSA) is 118 Å². The number of nitrogens with one attached hydrogen (secondary N) is 3. The number of rotatable bonds is 4. The van der Waals surface area contributed by atoms with Gasteiger partial charge in [0.2, 0.25) is 5.91 Å². The van der Waals surface area contributed by atoms with E-state index in [1.807, 2.05) is 35.9 Å². The molecular formula is C21H19N5O4. The number of carbonyl (C=O) groups is 2. The molecule has 4 rings (SSSR count). The van der Waals surface area contributed by atoms with Crippen molar-refractivity contribution in [3.8, 4) is 0 Å². The highest BCUT2D eigenvalue weighted by Gasteiger charge is 2.14. The summed E-state index contributed by atoms with van der Waals surface area (Å²) in [5.41, 5.74) is 5.49. The van der Waals surface area contributed by atoms with Crippen LogP contribution in [0.2, 0.25) is 0 Å². The van der Waals surface area contributed by atoms with Gasteiger partial charge in [0.15, 0.2) is 0 Å². The van der Waals surface area contributed by atoms with E-state index in [-0.39, 0.29) is 13.0 Å². The Balaban J connectivity index is 1.44. The average molecular weight is 405 g/mol. The second-order valence-electron chi connectivity index (χ2n) is 6.85. The van der Waals surface area contributed by atoms with Crippen molar-refractivity contribution in [2.45, 2.75) is 13.0 Å². The van der Waals surface area contributed by atoms with E-state index < -0.39 is 23.1 Å². The summed E-state index contributed by atoms with van der Waals surface area (Å²) in [4.78, 5) is 51.0. The van der Waals surface area contributed by atoms with Gasteiger partial charge in [-0.1, -0.05) is 30.3 Å². The third-order valence-corrected chi connectivity index (χ3v) is 4.92. The molecule has 4 aromatic rings. The number of carbonyl (C=O) groups excluding carboxylic acids is 2. The maximum absolute atomic E-state index is 12.5. The van der Waals surface area contributed by atoms with Crippen LogP contribution in [-0.4, -0.2) is 25.9 Å². The SMILES string of the molecule is Cn1cc(C(=O)NNC(=O)CCn2c(=O)[nH]c(=O)c3ccccc32)c2ccccc21. The van der Waals surface area contributed by atoms with Gasteiger partial charge in [-0.2, -0.15) is 0 Å². The molecule has 0 saturated heterocycles. The van der Waals surface area contributed by atoms with Gasteiger partial charge in [0.25, 0.3) is 11.5 Å². The Kier molecular flexibility index (Phi) is 4.93. The fourth-order valence-corrected chi connectivity index (χ4v) is 3.46. The van der Waals surface area contributed by atoms with Crippen molar-refractivity contribution in [3.63, 3.8) is 0 Å². The van der Waals surface area contributed by atoms with Crippen LogP contribution in [0.4, 0.5) is 0 Å². The lowest BCUT2D eigenvalue weighted by atomic mass is 10.2. The van der Waals surface area contributed by atoms with Gasteiger partial charge in [0.1, 0.15) is 0 Å². The van der Waals surface area contributed by atoms with Crippen LogP contribution >= 0.6 is 0 Å². The van der Waals surface area contributed by atoms with Crippen LogP contribution in [-0.2, 0) is 18.4 Å². The number of nitrogens with zero attached hydrogens (tertiary/aromatic N) is 2. The lowest BCUT2D eigenvalue weighted by Gasteiger charge is -2.10. The Morgan fingerprint density at radius 3 is 2.37 bits per heavy atom. The first-order valence-electron chi connectivity index (χ1n) is 9.31. The molecule has 9 nitrogen and oxygen atoms in total. The number of aryl methyl sites for hydroxylation is 2. The highest BCUT2D eigenvalue weighted by Crippen LogP contribution is 2.19. The smallest absolute Gasteiger partial charge is 0.328 e. The summed E-state index contributed by atoms with van der Waals surface area (Å²) < 4.78 is 3.16. The predicted octanol–water partition coefficient (Wildman–Crippen LogP) is 1.03. The van der Waals surface area contributed by atoms with Crippen LogP contribution in [0.15, 0.2) is 64.3 Å². The minimum absolute atomic E-state index is 0.0477. The van der Waals surface area contributed by atoms with Gasteiger partial charge in [-0.3, -0.25) is 34.8 Å². The molecule has 0 bridgehead atoms. The molecule has 2 heterocycles. The van der Waals surface area contributed by atoms with E-state index in [0.29, 0.717) is 16.5 Å². The number of hydrogen-bond acceptors (Lipinski definition) is 4. The Morgan fingerprint density at radius 2 is 1.60 bits per heavy atom. The summed E-state index contributed by atoms with van der Waals surface area (Å²) in [7, 11) is 1.84. The Hall–Kier alpha value is -4.14. The molecule has 2 aromatic heterocycles. The summed E-state index contributed by atoms with van der Waals surface area (Å²) >= 11 is 0. The quantitative estimate of drug-likeness (QED) is 0.440. The van der Waals surface area contributed by atoms with Crippen molar-refractivity contribution in [1.29, 1.82) is 0 Å². The largest absolute Gasteiger partial charge is 0.350 e. The highest BCUT2D eigenvalue weighted by atomic mass is 16.2. The van der Waals surface area contributed by atoms with E-state index in [4.69, 9.17) is 0 Å². The Bertz CT molecular complexity index is 1400. The molecule has 0 saturated carbocycles. The zero-order valence-corrected chi connectivity index (χ0v) is 16.1. The molecule has 0 aliphatic carbocycles. The van der Waals surface area contributed by atoms with Gasteiger partial charge in [0, 0.05) is 37.1 Å². The Morgan fingerprint density at radius 1 is 0.933 bits per heavy atom.